The minimum atomic E-state index is -0.0831. The van der Waals surface area contributed by atoms with Crippen LogP contribution in [0.15, 0.2) is 41.4 Å². The van der Waals surface area contributed by atoms with Gasteiger partial charge in [-0.1, -0.05) is 48.5 Å². The molecule has 180 valence electrons. The number of piperidine rings is 1. The Hall–Kier alpha value is -2.09. The van der Waals surface area contributed by atoms with Crippen molar-refractivity contribution in [1.29, 1.82) is 0 Å². The highest BCUT2D eigenvalue weighted by atomic mass is 32.2. The third-order valence-electron chi connectivity index (χ3n) is 7.68. The number of amides is 1. The first-order chi connectivity index (χ1) is 16.8. The second kappa shape index (κ2) is 9.88. The fourth-order valence-electron chi connectivity index (χ4n) is 5.73. The highest BCUT2D eigenvalue weighted by molar-refractivity contribution is 8.00. The van der Waals surface area contributed by atoms with E-state index in [4.69, 9.17) is 4.98 Å². The Morgan fingerprint density at radius 1 is 1.06 bits per heavy atom. The van der Waals surface area contributed by atoms with Crippen molar-refractivity contribution in [2.75, 3.05) is 25.0 Å². The number of likely N-dealkylation sites (tertiary alicyclic amines) is 2. The number of hydrogen-bond acceptors (Lipinski definition) is 6. The van der Waals surface area contributed by atoms with E-state index >= 15 is 0 Å². The number of nitrogens with one attached hydrogen (secondary N) is 2. The quantitative estimate of drug-likeness (QED) is 0.611. The maximum atomic E-state index is 13.1. The molecule has 2 atom stereocenters. The number of benzene rings is 1. The molecule has 1 aromatic carbocycles. The first-order valence-corrected chi connectivity index (χ1v) is 13.9. The highest BCUT2D eigenvalue weighted by Crippen LogP contribution is 2.52. The average molecular weight is 478 g/mol. The van der Waals surface area contributed by atoms with Gasteiger partial charge in [-0.25, -0.2) is 4.98 Å². The lowest BCUT2D eigenvalue weighted by Gasteiger charge is -2.29. The molecule has 1 amide bonds. The molecule has 1 aromatic heterocycles. The SMILES string of the molecule is O=C(NCc1ccccc1)[C@H]1CCCN1C1Nc2ncc(CN3CCCCC3)c(C3CC3)c2S1. The average Bonchev–Trinajstić information content (AvgIpc) is 3.42. The van der Waals surface area contributed by atoms with Crippen LogP contribution < -0.4 is 10.6 Å². The van der Waals surface area contributed by atoms with E-state index in [9.17, 15) is 4.79 Å². The molecule has 34 heavy (non-hydrogen) atoms. The molecule has 7 heteroatoms. The number of nitrogens with zero attached hydrogens (tertiary/aromatic N) is 3. The zero-order valence-electron chi connectivity index (χ0n) is 19.8. The molecule has 6 rings (SSSR count). The predicted molar refractivity (Wildman–Crippen MR) is 137 cm³/mol. The van der Waals surface area contributed by atoms with Gasteiger partial charge in [0.2, 0.25) is 5.91 Å². The Bertz CT molecular complexity index is 1020. The smallest absolute Gasteiger partial charge is 0.237 e. The lowest BCUT2D eigenvalue weighted by molar-refractivity contribution is -0.125. The first kappa shape index (κ1) is 22.4. The number of hydrogen-bond donors (Lipinski definition) is 2. The normalized spacial score (nSPS) is 25.2. The minimum Gasteiger partial charge on any atom is -0.351 e. The molecule has 6 nitrogen and oxygen atoms in total. The topological polar surface area (TPSA) is 60.5 Å². The number of aromatic nitrogens is 1. The van der Waals surface area contributed by atoms with Gasteiger partial charge < -0.3 is 10.6 Å². The van der Waals surface area contributed by atoms with Crippen molar-refractivity contribution in [2.45, 2.75) is 80.4 Å². The molecule has 4 aliphatic rings. The number of thioether (sulfide) groups is 1. The van der Waals surface area contributed by atoms with Gasteiger partial charge >= 0.3 is 0 Å². The summed E-state index contributed by atoms with van der Waals surface area (Å²) in [5, 5.41) is 6.84. The summed E-state index contributed by atoms with van der Waals surface area (Å²) in [5.41, 5.74) is 4.19. The summed E-state index contributed by atoms with van der Waals surface area (Å²) in [6.45, 7) is 4.99. The first-order valence-electron chi connectivity index (χ1n) is 13.0. The maximum Gasteiger partial charge on any atom is 0.237 e. The van der Waals surface area contributed by atoms with Crippen LogP contribution in [0.5, 0.6) is 0 Å². The van der Waals surface area contributed by atoms with Crippen LogP contribution >= 0.6 is 11.8 Å². The van der Waals surface area contributed by atoms with Gasteiger partial charge in [-0.15, -0.1) is 0 Å². The Kier molecular flexibility index (Phi) is 6.50. The fourth-order valence-corrected chi connectivity index (χ4v) is 7.16. The minimum absolute atomic E-state index is 0.0831. The van der Waals surface area contributed by atoms with Gasteiger partial charge in [-0.3, -0.25) is 14.6 Å². The van der Waals surface area contributed by atoms with Crippen molar-refractivity contribution in [1.82, 2.24) is 20.1 Å². The van der Waals surface area contributed by atoms with Gasteiger partial charge in [-0.2, -0.15) is 0 Å². The van der Waals surface area contributed by atoms with Gasteiger partial charge in [0.15, 0.2) is 0 Å². The van der Waals surface area contributed by atoms with E-state index in [2.05, 4.69) is 38.8 Å². The number of pyridine rings is 1. The Morgan fingerprint density at radius 2 is 1.88 bits per heavy atom. The number of carbonyl (C=O) groups excluding carboxylic acids is 1. The van der Waals surface area contributed by atoms with Crippen LogP contribution in [0.3, 0.4) is 0 Å². The maximum absolute atomic E-state index is 13.1. The number of rotatable bonds is 7. The van der Waals surface area contributed by atoms with Crippen molar-refractivity contribution in [3.63, 3.8) is 0 Å². The lowest BCUT2D eigenvalue weighted by Crippen LogP contribution is -2.48. The number of anilines is 1. The van der Waals surface area contributed by atoms with Crippen molar-refractivity contribution in [3.05, 3.63) is 53.2 Å². The zero-order valence-corrected chi connectivity index (χ0v) is 20.7. The third kappa shape index (κ3) is 4.70. The van der Waals surface area contributed by atoms with E-state index in [1.807, 2.05) is 30.0 Å². The van der Waals surface area contributed by atoms with E-state index in [1.54, 1.807) is 5.56 Å². The molecule has 1 saturated carbocycles. The Morgan fingerprint density at radius 3 is 2.68 bits per heavy atom. The molecule has 1 unspecified atom stereocenters. The van der Waals surface area contributed by atoms with Crippen molar-refractivity contribution in [3.8, 4) is 0 Å². The molecule has 3 aliphatic heterocycles. The van der Waals surface area contributed by atoms with E-state index in [-0.39, 0.29) is 17.4 Å². The van der Waals surface area contributed by atoms with E-state index < -0.39 is 0 Å². The van der Waals surface area contributed by atoms with Crippen LogP contribution in [0.1, 0.15) is 67.6 Å². The van der Waals surface area contributed by atoms with Gasteiger partial charge in [0.1, 0.15) is 11.3 Å². The van der Waals surface area contributed by atoms with Crippen LogP contribution in [0, 0.1) is 0 Å². The van der Waals surface area contributed by atoms with Crippen LogP contribution in [-0.4, -0.2) is 51.9 Å². The van der Waals surface area contributed by atoms with Gasteiger partial charge in [0.25, 0.3) is 0 Å². The lowest BCUT2D eigenvalue weighted by atomic mass is 10.0. The second-order valence-corrected chi connectivity index (χ2v) is 11.3. The molecule has 0 radical (unpaired) electrons. The fraction of sp³-hybridized carbons (Fsp3) is 0.556. The molecule has 2 aromatic rings. The standard InChI is InChI=1S/C27H35N5OS/c33-26(29-16-19-8-3-1-4-9-19)22-10-7-15-32(22)27-30-25-24(34-27)23(20-11-12-20)21(17-28-25)18-31-13-5-2-6-14-31/h1,3-4,8-9,17,20,22,27H,2,5-7,10-16,18H2,(H,28,30)(H,29,33)/t22-,27?/m1/s1. The van der Waals surface area contributed by atoms with Gasteiger partial charge in [0.05, 0.1) is 10.9 Å². The summed E-state index contributed by atoms with van der Waals surface area (Å²) in [7, 11) is 0. The number of fused-ring (bicyclic) bond motifs is 1. The second-order valence-electron chi connectivity index (χ2n) is 10.2. The summed E-state index contributed by atoms with van der Waals surface area (Å²) in [4.78, 5) is 24.3. The molecular weight excluding hydrogens is 442 g/mol. The van der Waals surface area contributed by atoms with Crippen molar-refractivity contribution < 1.29 is 4.79 Å². The van der Waals surface area contributed by atoms with Gasteiger partial charge in [-0.05, 0) is 74.2 Å². The van der Waals surface area contributed by atoms with Crippen LogP contribution in [-0.2, 0) is 17.9 Å². The van der Waals surface area contributed by atoms with Crippen LogP contribution in [0.4, 0.5) is 5.82 Å². The molecule has 2 saturated heterocycles. The van der Waals surface area contributed by atoms with Crippen LogP contribution in [0.25, 0.3) is 0 Å². The van der Waals surface area contributed by atoms with Crippen molar-refractivity contribution in [2.24, 2.45) is 0 Å². The highest BCUT2D eigenvalue weighted by Gasteiger charge is 2.41. The molecule has 0 bridgehead atoms. The monoisotopic (exact) mass is 477 g/mol. The van der Waals surface area contributed by atoms with Crippen molar-refractivity contribution >= 4 is 23.5 Å². The zero-order chi connectivity index (χ0) is 22.9. The van der Waals surface area contributed by atoms with E-state index in [0.29, 0.717) is 12.5 Å². The summed E-state index contributed by atoms with van der Waals surface area (Å²) in [6, 6.07) is 10.1. The molecule has 3 fully saturated rings. The molecular formula is C27H35N5OS. The molecule has 2 N–H and O–H groups in total. The summed E-state index contributed by atoms with van der Waals surface area (Å²) in [6.07, 6.45) is 10.7. The van der Waals surface area contributed by atoms with E-state index in [1.165, 1.54) is 55.7 Å². The Labute approximate surface area is 206 Å². The third-order valence-corrected chi connectivity index (χ3v) is 8.94. The number of carbonyl (C=O) groups is 1. The summed E-state index contributed by atoms with van der Waals surface area (Å²) >= 11 is 1.89. The van der Waals surface area contributed by atoms with Gasteiger partial charge in [0, 0.05) is 25.8 Å². The van der Waals surface area contributed by atoms with Crippen LogP contribution in [0.2, 0.25) is 0 Å². The summed E-state index contributed by atoms with van der Waals surface area (Å²) in [5.74, 6) is 1.85. The summed E-state index contributed by atoms with van der Waals surface area (Å²) < 4.78 is 0. The van der Waals surface area contributed by atoms with E-state index in [0.717, 1.165) is 37.3 Å². The Balaban J connectivity index is 1.15. The molecule has 1 aliphatic carbocycles. The largest absolute Gasteiger partial charge is 0.351 e. The predicted octanol–water partition coefficient (Wildman–Crippen LogP) is 4.53. The molecule has 0 spiro atoms. The molecule has 4 heterocycles.